The van der Waals surface area contributed by atoms with Gasteiger partial charge in [-0.2, -0.15) is 0 Å². The molecule has 0 saturated heterocycles. The minimum Gasteiger partial charge on any atom is -0.287 e. The first-order valence-electron chi connectivity index (χ1n) is 4.03. The van der Waals surface area contributed by atoms with Gasteiger partial charge in [0.25, 0.3) is 0 Å². The third kappa shape index (κ3) is 1.57. The molecule has 1 N–H and O–H groups in total. The summed E-state index contributed by atoms with van der Waals surface area (Å²) in [4.78, 5) is 1.12. The maximum atomic E-state index is 9.51. The second-order valence-corrected chi connectivity index (χ2v) is 3.90. The number of hydrogen-bond acceptors (Lipinski definition) is 3. The summed E-state index contributed by atoms with van der Waals surface area (Å²) >= 11 is 1.54. The average molecular weight is 192 g/mol. The van der Waals surface area contributed by atoms with Crippen molar-refractivity contribution >= 4 is 17.5 Å². The summed E-state index contributed by atoms with van der Waals surface area (Å²) in [5, 5.41) is 10.7. The molecule has 67 valence electrons. The van der Waals surface area contributed by atoms with E-state index in [2.05, 4.69) is 0 Å². The SMILES string of the molecule is CC1=C(c2ccccc2)N(O)[CH]S1. The molecule has 3 heteroatoms. The third-order valence-electron chi connectivity index (χ3n) is 1.94. The normalized spacial score (nSPS) is 16.9. The van der Waals surface area contributed by atoms with Crippen LogP contribution in [0.1, 0.15) is 12.5 Å². The molecule has 2 rings (SSSR count). The molecular weight excluding hydrogens is 182 g/mol. The van der Waals surface area contributed by atoms with Crippen molar-refractivity contribution in [3.63, 3.8) is 0 Å². The Morgan fingerprint density at radius 3 is 2.46 bits per heavy atom. The van der Waals surface area contributed by atoms with Crippen LogP contribution in [0.25, 0.3) is 5.70 Å². The summed E-state index contributed by atoms with van der Waals surface area (Å²) in [6, 6.07) is 9.87. The summed E-state index contributed by atoms with van der Waals surface area (Å²) in [6.07, 6.45) is 0. The van der Waals surface area contributed by atoms with Gasteiger partial charge < -0.3 is 0 Å². The number of benzene rings is 1. The predicted molar refractivity (Wildman–Crippen MR) is 54.6 cm³/mol. The highest BCUT2D eigenvalue weighted by Gasteiger charge is 2.20. The maximum Gasteiger partial charge on any atom is 0.138 e. The lowest BCUT2D eigenvalue weighted by atomic mass is 10.1. The molecule has 0 aliphatic carbocycles. The largest absolute Gasteiger partial charge is 0.287 e. The van der Waals surface area contributed by atoms with Crippen molar-refractivity contribution in [2.75, 3.05) is 0 Å². The van der Waals surface area contributed by atoms with Crippen LogP contribution in [0.15, 0.2) is 35.2 Å². The molecule has 0 aromatic heterocycles. The third-order valence-corrected chi connectivity index (χ3v) is 2.79. The number of rotatable bonds is 1. The van der Waals surface area contributed by atoms with Crippen molar-refractivity contribution in [2.24, 2.45) is 0 Å². The lowest BCUT2D eigenvalue weighted by molar-refractivity contribution is 0.0177. The zero-order valence-corrected chi connectivity index (χ0v) is 8.08. The van der Waals surface area contributed by atoms with Gasteiger partial charge in [0, 0.05) is 10.5 Å². The fourth-order valence-electron chi connectivity index (χ4n) is 1.33. The van der Waals surface area contributed by atoms with E-state index in [9.17, 15) is 5.21 Å². The number of hydrogen-bond donors (Lipinski definition) is 1. The summed E-state index contributed by atoms with van der Waals surface area (Å²) in [5.74, 6) is 1.69. The van der Waals surface area contributed by atoms with E-state index < -0.39 is 0 Å². The van der Waals surface area contributed by atoms with Crippen LogP contribution >= 0.6 is 11.8 Å². The Labute approximate surface area is 81.8 Å². The predicted octanol–water partition coefficient (Wildman–Crippen LogP) is 2.93. The first kappa shape index (κ1) is 8.66. The Balaban J connectivity index is 2.41. The highest BCUT2D eigenvalue weighted by atomic mass is 32.2. The van der Waals surface area contributed by atoms with E-state index in [1.54, 1.807) is 5.88 Å². The fraction of sp³-hybridized carbons (Fsp3) is 0.100. The smallest absolute Gasteiger partial charge is 0.138 e. The molecule has 1 aliphatic rings. The number of thioether (sulfide) groups is 1. The van der Waals surface area contributed by atoms with Crippen LogP contribution in [0.5, 0.6) is 0 Å². The van der Waals surface area contributed by atoms with Gasteiger partial charge in [-0.15, -0.1) is 0 Å². The van der Waals surface area contributed by atoms with E-state index in [1.807, 2.05) is 37.3 Å². The van der Waals surface area contributed by atoms with Crippen LogP contribution in [0.3, 0.4) is 0 Å². The Morgan fingerprint density at radius 2 is 1.92 bits per heavy atom. The maximum absolute atomic E-state index is 9.51. The van der Waals surface area contributed by atoms with Gasteiger partial charge in [0.2, 0.25) is 0 Å². The van der Waals surface area contributed by atoms with Gasteiger partial charge in [-0.05, 0) is 6.92 Å². The van der Waals surface area contributed by atoms with E-state index in [4.69, 9.17) is 0 Å². The standard InChI is InChI=1S/C10H10NOS/c1-8-10(11(12)7-13-8)9-5-3-2-4-6-9/h2-7,12H,1H3. The molecule has 2 nitrogen and oxygen atoms in total. The zero-order chi connectivity index (χ0) is 9.26. The van der Waals surface area contributed by atoms with Crippen LogP contribution in [0, 0.1) is 5.88 Å². The number of nitrogens with zero attached hydrogens (tertiary/aromatic N) is 1. The molecule has 1 radical (unpaired) electrons. The highest BCUT2D eigenvalue weighted by Crippen LogP contribution is 2.38. The fourth-order valence-corrected chi connectivity index (χ4v) is 2.02. The average Bonchev–Trinajstić information content (AvgIpc) is 2.48. The van der Waals surface area contributed by atoms with Crippen molar-refractivity contribution < 1.29 is 5.21 Å². The monoisotopic (exact) mass is 192 g/mol. The van der Waals surface area contributed by atoms with Gasteiger partial charge in [-0.25, -0.2) is 5.06 Å². The van der Waals surface area contributed by atoms with E-state index in [0.29, 0.717) is 0 Å². The molecule has 0 spiro atoms. The van der Waals surface area contributed by atoms with Crippen LogP contribution in [-0.4, -0.2) is 10.3 Å². The molecular formula is C10H10NOS. The molecule has 0 saturated carbocycles. The van der Waals surface area contributed by atoms with Gasteiger partial charge in [0.15, 0.2) is 0 Å². The molecule has 1 aliphatic heterocycles. The second-order valence-electron chi connectivity index (χ2n) is 2.84. The molecule has 1 aromatic carbocycles. The van der Waals surface area contributed by atoms with E-state index in [0.717, 1.165) is 16.2 Å². The van der Waals surface area contributed by atoms with Crippen LogP contribution in [-0.2, 0) is 0 Å². The van der Waals surface area contributed by atoms with Crippen LogP contribution in [0.2, 0.25) is 0 Å². The molecule has 0 amide bonds. The lowest BCUT2D eigenvalue weighted by Crippen LogP contribution is -2.08. The lowest BCUT2D eigenvalue weighted by Gasteiger charge is -2.12. The topological polar surface area (TPSA) is 23.5 Å². The van der Waals surface area contributed by atoms with Crippen molar-refractivity contribution in [1.82, 2.24) is 5.06 Å². The van der Waals surface area contributed by atoms with Gasteiger partial charge in [0.05, 0.1) is 5.70 Å². The molecule has 0 unspecified atom stereocenters. The zero-order valence-electron chi connectivity index (χ0n) is 7.27. The van der Waals surface area contributed by atoms with E-state index in [1.165, 1.54) is 16.8 Å². The Hall–Kier alpha value is -0.930. The van der Waals surface area contributed by atoms with Crippen molar-refractivity contribution in [2.45, 2.75) is 6.92 Å². The molecule has 13 heavy (non-hydrogen) atoms. The van der Waals surface area contributed by atoms with Gasteiger partial charge in [-0.3, -0.25) is 5.21 Å². The number of hydroxylamine groups is 2. The highest BCUT2D eigenvalue weighted by molar-refractivity contribution is 8.05. The van der Waals surface area contributed by atoms with Gasteiger partial charge in [-0.1, -0.05) is 42.1 Å². The Morgan fingerprint density at radius 1 is 1.23 bits per heavy atom. The first-order chi connectivity index (χ1) is 6.29. The summed E-state index contributed by atoms with van der Waals surface area (Å²) < 4.78 is 0. The quantitative estimate of drug-likeness (QED) is 0.740. The van der Waals surface area contributed by atoms with Crippen molar-refractivity contribution in [3.05, 3.63) is 46.7 Å². The van der Waals surface area contributed by atoms with Gasteiger partial charge in [0.1, 0.15) is 5.88 Å². The van der Waals surface area contributed by atoms with Crippen LogP contribution < -0.4 is 0 Å². The number of allylic oxidation sites excluding steroid dienone is 1. The molecule has 1 aromatic rings. The van der Waals surface area contributed by atoms with Gasteiger partial charge >= 0.3 is 0 Å². The molecule has 0 atom stereocenters. The second kappa shape index (κ2) is 3.44. The van der Waals surface area contributed by atoms with Crippen molar-refractivity contribution in [1.29, 1.82) is 0 Å². The van der Waals surface area contributed by atoms with E-state index in [-0.39, 0.29) is 0 Å². The first-order valence-corrected chi connectivity index (χ1v) is 4.91. The summed E-state index contributed by atoms with van der Waals surface area (Å²) in [6.45, 7) is 2.00. The minimum absolute atomic E-state index is 0.880. The summed E-state index contributed by atoms with van der Waals surface area (Å²) in [5.41, 5.74) is 1.93. The summed E-state index contributed by atoms with van der Waals surface area (Å²) in [7, 11) is 0. The molecule has 1 heterocycles. The van der Waals surface area contributed by atoms with Crippen molar-refractivity contribution in [3.8, 4) is 0 Å². The van der Waals surface area contributed by atoms with E-state index >= 15 is 0 Å². The Kier molecular flexibility index (Phi) is 2.29. The molecule has 0 bridgehead atoms. The minimum atomic E-state index is 0.880. The van der Waals surface area contributed by atoms with Crippen LogP contribution in [0.4, 0.5) is 0 Å². The Bertz CT molecular complexity index is 334. The molecule has 0 fully saturated rings.